The van der Waals surface area contributed by atoms with E-state index in [2.05, 4.69) is 32.1 Å². The maximum absolute atomic E-state index is 12.4. The van der Waals surface area contributed by atoms with Crippen molar-refractivity contribution in [3.05, 3.63) is 70.7 Å². The molecule has 0 radical (unpaired) electrons. The van der Waals surface area contributed by atoms with E-state index in [1.165, 1.54) is 0 Å². The van der Waals surface area contributed by atoms with E-state index in [4.69, 9.17) is 26.4 Å². The molecule has 3 aromatic rings. The molecule has 2 amide bonds. The number of hydrazine groups is 1. The quantitative estimate of drug-likeness (QED) is 0.233. The molecular weight excluding hydrogens is 510 g/mol. The summed E-state index contributed by atoms with van der Waals surface area (Å²) in [4.78, 5) is 24.5. The second-order valence-electron chi connectivity index (χ2n) is 6.71. The fourth-order valence-corrected chi connectivity index (χ4v) is 3.47. The molecule has 8 nitrogen and oxygen atoms in total. The van der Waals surface area contributed by atoms with Crippen LogP contribution < -0.4 is 25.6 Å². The van der Waals surface area contributed by atoms with Gasteiger partial charge in [-0.3, -0.25) is 25.8 Å². The summed E-state index contributed by atoms with van der Waals surface area (Å²) < 4.78 is 16.7. The molecule has 0 aromatic heterocycles. The average Bonchev–Trinajstić information content (AvgIpc) is 2.82. The van der Waals surface area contributed by atoms with Gasteiger partial charge in [-0.05, 0) is 57.8 Å². The van der Waals surface area contributed by atoms with Gasteiger partial charge in [0, 0.05) is 18.1 Å². The zero-order chi connectivity index (χ0) is 23.6. The topological polar surface area (TPSA) is 97.9 Å². The molecule has 3 N–H and O–H groups in total. The first-order valence-corrected chi connectivity index (χ1v) is 11.1. The van der Waals surface area contributed by atoms with Crippen LogP contribution in [0.4, 0.5) is 0 Å². The maximum atomic E-state index is 12.4. The van der Waals surface area contributed by atoms with Gasteiger partial charge in [-0.2, -0.15) is 0 Å². The highest BCUT2D eigenvalue weighted by atomic mass is 79.9. The zero-order valence-corrected chi connectivity index (χ0v) is 20.1. The minimum atomic E-state index is -0.458. The number of hydrogen-bond acceptors (Lipinski definition) is 6. The van der Waals surface area contributed by atoms with Gasteiger partial charge < -0.3 is 14.2 Å². The second-order valence-corrected chi connectivity index (χ2v) is 7.97. The maximum Gasteiger partial charge on any atom is 0.276 e. The van der Waals surface area contributed by atoms with Crippen molar-refractivity contribution in [1.82, 2.24) is 16.2 Å². The summed E-state index contributed by atoms with van der Waals surface area (Å²) in [7, 11) is 1.59. The van der Waals surface area contributed by atoms with E-state index in [0.29, 0.717) is 34.7 Å². The Morgan fingerprint density at radius 3 is 2.52 bits per heavy atom. The summed E-state index contributed by atoms with van der Waals surface area (Å²) in [6, 6.07) is 18.2. The fraction of sp³-hybridized carbons (Fsp3) is 0.174. The van der Waals surface area contributed by atoms with Crippen molar-refractivity contribution in [3.8, 4) is 11.5 Å². The SMILES string of the molecule is COCCOc1ccc(C(=O)NC(=S)NNC(=O)COc2cccc3ccccc23)cc1Br. The molecule has 0 unspecified atom stereocenters. The van der Waals surface area contributed by atoms with Crippen LogP contribution >= 0.6 is 28.1 Å². The minimum absolute atomic E-state index is 0.0601. The third-order valence-corrected chi connectivity index (χ3v) is 5.21. The Labute approximate surface area is 204 Å². The van der Waals surface area contributed by atoms with E-state index >= 15 is 0 Å². The minimum Gasteiger partial charge on any atom is -0.490 e. The number of methoxy groups -OCH3 is 1. The van der Waals surface area contributed by atoms with Gasteiger partial charge >= 0.3 is 0 Å². The normalized spacial score (nSPS) is 10.4. The molecule has 0 heterocycles. The number of carbonyl (C=O) groups is 2. The molecule has 0 saturated carbocycles. The Morgan fingerprint density at radius 1 is 0.939 bits per heavy atom. The molecule has 0 fully saturated rings. The van der Waals surface area contributed by atoms with E-state index in [1.807, 2.05) is 36.4 Å². The summed E-state index contributed by atoms with van der Waals surface area (Å²) in [6.45, 7) is 0.612. The predicted octanol–water partition coefficient (Wildman–Crippen LogP) is 3.34. The average molecular weight is 532 g/mol. The molecule has 0 saturated heterocycles. The third kappa shape index (κ3) is 7.14. The third-order valence-electron chi connectivity index (χ3n) is 4.39. The zero-order valence-electron chi connectivity index (χ0n) is 17.7. The molecule has 172 valence electrons. The number of carbonyl (C=O) groups excluding carboxylic acids is 2. The van der Waals surface area contributed by atoms with Gasteiger partial charge in [0.2, 0.25) is 0 Å². The number of ether oxygens (including phenoxy) is 3. The molecule has 0 aliphatic rings. The van der Waals surface area contributed by atoms with Crippen molar-refractivity contribution in [3.63, 3.8) is 0 Å². The van der Waals surface area contributed by atoms with Gasteiger partial charge in [-0.15, -0.1) is 0 Å². The molecule has 0 aliphatic carbocycles. The molecular formula is C23H22BrN3O5S. The van der Waals surface area contributed by atoms with Crippen molar-refractivity contribution in [1.29, 1.82) is 0 Å². The second kappa shape index (κ2) is 12.1. The lowest BCUT2D eigenvalue weighted by atomic mass is 10.1. The summed E-state index contributed by atoms with van der Waals surface area (Å²) in [6.07, 6.45) is 0. The van der Waals surface area contributed by atoms with Crippen molar-refractivity contribution < 1.29 is 23.8 Å². The number of halogens is 1. The summed E-state index contributed by atoms with van der Waals surface area (Å²) >= 11 is 8.44. The van der Waals surface area contributed by atoms with E-state index in [-0.39, 0.29) is 11.7 Å². The molecule has 0 bridgehead atoms. The molecule has 0 atom stereocenters. The van der Waals surface area contributed by atoms with Crippen LogP contribution in [0.1, 0.15) is 10.4 Å². The summed E-state index contributed by atoms with van der Waals surface area (Å²) in [5.41, 5.74) is 5.24. The molecule has 3 rings (SSSR count). The highest BCUT2D eigenvalue weighted by Gasteiger charge is 2.12. The number of fused-ring (bicyclic) bond motifs is 1. The van der Waals surface area contributed by atoms with Crippen LogP contribution in [-0.2, 0) is 9.53 Å². The van der Waals surface area contributed by atoms with Crippen LogP contribution in [0.3, 0.4) is 0 Å². The monoisotopic (exact) mass is 531 g/mol. The smallest absolute Gasteiger partial charge is 0.276 e. The molecule has 3 aromatic carbocycles. The van der Waals surface area contributed by atoms with Gasteiger partial charge in [0.05, 0.1) is 11.1 Å². The highest BCUT2D eigenvalue weighted by molar-refractivity contribution is 9.10. The van der Waals surface area contributed by atoms with E-state index in [0.717, 1.165) is 10.8 Å². The highest BCUT2D eigenvalue weighted by Crippen LogP contribution is 2.26. The standard InChI is InChI=1S/C23H22BrN3O5S/c1-30-11-12-31-20-10-9-16(13-18(20)24)22(29)25-23(33)27-26-21(28)14-32-19-8-4-6-15-5-2-3-7-17(15)19/h2-10,13H,11-12,14H2,1H3,(H,26,28)(H2,25,27,29,33). The Hall–Kier alpha value is -3.21. The van der Waals surface area contributed by atoms with Crippen LogP contribution in [0, 0.1) is 0 Å². The summed E-state index contributed by atoms with van der Waals surface area (Å²) in [5.74, 6) is 0.278. The van der Waals surface area contributed by atoms with Gasteiger partial charge in [0.15, 0.2) is 11.7 Å². The Balaban J connectivity index is 1.45. The van der Waals surface area contributed by atoms with Crippen molar-refractivity contribution in [2.45, 2.75) is 0 Å². The number of thiocarbonyl (C=S) groups is 1. The van der Waals surface area contributed by atoms with Crippen LogP contribution in [0.15, 0.2) is 65.1 Å². The Kier molecular flexibility index (Phi) is 8.99. The first-order valence-electron chi connectivity index (χ1n) is 9.90. The van der Waals surface area contributed by atoms with Crippen LogP contribution in [0.5, 0.6) is 11.5 Å². The Bertz CT molecular complexity index is 1150. The van der Waals surface area contributed by atoms with Gasteiger partial charge in [0.25, 0.3) is 11.8 Å². The lowest BCUT2D eigenvalue weighted by Crippen LogP contribution is -2.49. The number of rotatable bonds is 8. The molecule has 0 spiro atoms. The molecule has 0 aliphatic heterocycles. The van der Waals surface area contributed by atoms with Crippen molar-refractivity contribution in [2.24, 2.45) is 0 Å². The lowest BCUT2D eigenvalue weighted by molar-refractivity contribution is -0.123. The fourth-order valence-electron chi connectivity index (χ4n) is 2.83. The van der Waals surface area contributed by atoms with Crippen LogP contribution in [0.2, 0.25) is 0 Å². The lowest BCUT2D eigenvalue weighted by Gasteiger charge is -2.13. The van der Waals surface area contributed by atoms with E-state index < -0.39 is 11.8 Å². The van der Waals surface area contributed by atoms with E-state index in [1.54, 1.807) is 31.4 Å². The number of amides is 2. The number of benzene rings is 3. The number of hydrogen-bond donors (Lipinski definition) is 3. The van der Waals surface area contributed by atoms with Crippen molar-refractivity contribution in [2.75, 3.05) is 26.9 Å². The predicted molar refractivity (Wildman–Crippen MR) is 132 cm³/mol. The Morgan fingerprint density at radius 2 is 1.73 bits per heavy atom. The molecule has 10 heteroatoms. The van der Waals surface area contributed by atoms with Gasteiger partial charge in [0.1, 0.15) is 18.1 Å². The van der Waals surface area contributed by atoms with Crippen molar-refractivity contribution >= 4 is 55.8 Å². The summed E-state index contributed by atoms with van der Waals surface area (Å²) in [5, 5.41) is 4.35. The van der Waals surface area contributed by atoms with Gasteiger partial charge in [-0.25, -0.2) is 0 Å². The first-order chi connectivity index (χ1) is 16.0. The van der Waals surface area contributed by atoms with Crippen LogP contribution in [-0.4, -0.2) is 43.9 Å². The van der Waals surface area contributed by atoms with Gasteiger partial charge in [-0.1, -0.05) is 36.4 Å². The largest absolute Gasteiger partial charge is 0.490 e. The number of nitrogens with one attached hydrogen (secondary N) is 3. The van der Waals surface area contributed by atoms with Crippen LogP contribution in [0.25, 0.3) is 10.8 Å². The molecule has 33 heavy (non-hydrogen) atoms. The van der Waals surface area contributed by atoms with E-state index in [9.17, 15) is 9.59 Å². The first kappa shape index (κ1) is 24.4.